The first-order chi connectivity index (χ1) is 8.78. The molecule has 0 saturated carbocycles. The highest BCUT2D eigenvalue weighted by atomic mass is 19.1. The molecule has 0 heterocycles. The van der Waals surface area contributed by atoms with E-state index in [1.807, 2.05) is 24.3 Å². The van der Waals surface area contributed by atoms with Crippen molar-refractivity contribution in [3.8, 4) is 11.8 Å². The smallest absolute Gasteiger partial charge is 0.126 e. The van der Waals surface area contributed by atoms with Gasteiger partial charge in [0.1, 0.15) is 18.2 Å². The fourth-order valence-electron chi connectivity index (χ4n) is 1.57. The zero-order chi connectivity index (χ0) is 12.8. The van der Waals surface area contributed by atoms with Crippen molar-refractivity contribution in [2.24, 2.45) is 0 Å². The van der Waals surface area contributed by atoms with E-state index in [4.69, 9.17) is 10.00 Å². The maximum absolute atomic E-state index is 12.9. The van der Waals surface area contributed by atoms with Crippen molar-refractivity contribution in [2.45, 2.75) is 13.0 Å². The van der Waals surface area contributed by atoms with E-state index in [1.165, 1.54) is 12.1 Å². The highest BCUT2D eigenvalue weighted by molar-refractivity contribution is 5.26. The Kier molecular flexibility index (Phi) is 3.93. The van der Waals surface area contributed by atoms with Crippen molar-refractivity contribution < 1.29 is 9.13 Å². The highest BCUT2D eigenvalue weighted by Gasteiger charge is 1.98. The number of halogens is 1. The van der Waals surface area contributed by atoms with E-state index in [0.29, 0.717) is 18.8 Å². The summed E-state index contributed by atoms with van der Waals surface area (Å²) in [5.41, 5.74) is 1.97. The first-order valence-corrected chi connectivity index (χ1v) is 5.61. The van der Waals surface area contributed by atoms with Crippen molar-refractivity contribution >= 4 is 0 Å². The van der Waals surface area contributed by atoms with E-state index in [-0.39, 0.29) is 5.82 Å². The predicted molar refractivity (Wildman–Crippen MR) is 66.5 cm³/mol. The summed E-state index contributed by atoms with van der Waals surface area (Å²) in [6.45, 7) is 0.385. The van der Waals surface area contributed by atoms with E-state index >= 15 is 0 Å². The molecule has 0 unspecified atom stereocenters. The molecule has 2 rings (SSSR count). The van der Waals surface area contributed by atoms with Crippen LogP contribution in [0.25, 0.3) is 0 Å². The van der Waals surface area contributed by atoms with Gasteiger partial charge in [-0.1, -0.05) is 30.3 Å². The van der Waals surface area contributed by atoms with Crippen molar-refractivity contribution in [1.82, 2.24) is 0 Å². The molecule has 2 nitrogen and oxygen atoms in total. The molecular formula is C15H12FNO. The summed E-state index contributed by atoms with van der Waals surface area (Å²) in [6.07, 6.45) is 0.408. The van der Waals surface area contributed by atoms with Gasteiger partial charge in [-0.15, -0.1) is 0 Å². The maximum atomic E-state index is 12.9. The molecule has 0 atom stereocenters. The lowest BCUT2D eigenvalue weighted by atomic mass is 10.1. The Labute approximate surface area is 105 Å². The van der Waals surface area contributed by atoms with Gasteiger partial charge in [-0.2, -0.15) is 5.26 Å². The molecule has 0 aliphatic heterocycles. The lowest BCUT2D eigenvalue weighted by Gasteiger charge is -2.06. The van der Waals surface area contributed by atoms with Gasteiger partial charge in [-0.3, -0.25) is 0 Å². The van der Waals surface area contributed by atoms with Gasteiger partial charge in [0, 0.05) is 6.07 Å². The molecule has 2 aromatic carbocycles. The van der Waals surface area contributed by atoms with Crippen LogP contribution in [-0.2, 0) is 13.0 Å². The quantitative estimate of drug-likeness (QED) is 0.821. The Hall–Kier alpha value is -2.34. The number of nitrogens with zero attached hydrogens (tertiary/aromatic N) is 1. The zero-order valence-corrected chi connectivity index (χ0v) is 9.77. The van der Waals surface area contributed by atoms with Crippen LogP contribution >= 0.6 is 0 Å². The van der Waals surface area contributed by atoms with Crippen molar-refractivity contribution in [2.75, 3.05) is 0 Å². The first-order valence-electron chi connectivity index (χ1n) is 5.61. The van der Waals surface area contributed by atoms with E-state index in [1.54, 1.807) is 12.1 Å². The zero-order valence-electron chi connectivity index (χ0n) is 9.77. The third kappa shape index (κ3) is 3.33. The third-order valence-corrected chi connectivity index (χ3v) is 2.51. The minimum Gasteiger partial charge on any atom is -0.489 e. The van der Waals surface area contributed by atoms with Gasteiger partial charge in [-0.05, 0) is 23.3 Å². The minimum absolute atomic E-state index is 0.308. The van der Waals surface area contributed by atoms with E-state index in [9.17, 15) is 4.39 Å². The van der Waals surface area contributed by atoms with Crippen LogP contribution in [0.4, 0.5) is 4.39 Å². The first kappa shape index (κ1) is 12.1. The van der Waals surface area contributed by atoms with Gasteiger partial charge in [0.05, 0.1) is 12.5 Å². The van der Waals surface area contributed by atoms with Crippen LogP contribution in [0.15, 0.2) is 48.5 Å². The molecule has 0 fully saturated rings. The molecule has 0 aromatic heterocycles. The molecule has 0 spiro atoms. The van der Waals surface area contributed by atoms with E-state index in [0.717, 1.165) is 11.1 Å². The van der Waals surface area contributed by atoms with Crippen LogP contribution in [0.5, 0.6) is 5.75 Å². The van der Waals surface area contributed by atoms with Crippen LogP contribution in [0.3, 0.4) is 0 Å². The van der Waals surface area contributed by atoms with Crippen LogP contribution in [-0.4, -0.2) is 0 Å². The summed E-state index contributed by atoms with van der Waals surface area (Å²) >= 11 is 0. The summed E-state index contributed by atoms with van der Waals surface area (Å²) in [6, 6.07) is 15.8. The molecule has 90 valence electrons. The van der Waals surface area contributed by atoms with Crippen molar-refractivity contribution in [3.63, 3.8) is 0 Å². The highest BCUT2D eigenvalue weighted by Crippen LogP contribution is 2.14. The van der Waals surface area contributed by atoms with Crippen molar-refractivity contribution in [3.05, 3.63) is 65.5 Å². The summed E-state index contributed by atoms with van der Waals surface area (Å²) in [5, 5.41) is 8.56. The molecular weight excluding hydrogens is 229 g/mol. The molecule has 0 amide bonds. The topological polar surface area (TPSA) is 33.0 Å². The largest absolute Gasteiger partial charge is 0.489 e. The molecule has 0 aliphatic rings. The predicted octanol–water partition coefficient (Wildman–Crippen LogP) is 3.47. The van der Waals surface area contributed by atoms with Crippen LogP contribution in [0.1, 0.15) is 11.1 Å². The molecule has 18 heavy (non-hydrogen) atoms. The Balaban J connectivity index is 1.96. The standard InChI is InChI=1S/C15H12FNO/c16-14-2-1-3-15(10-14)18-11-13-6-4-12(5-7-13)8-9-17/h1-7,10H,8,11H2. The molecule has 0 bridgehead atoms. The second kappa shape index (κ2) is 5.83. The minimum atomic E-state index is -0.308. The number of ether oxygens (including phenoxy) is 1. The Bertz CT molecular complexity index is 557. The van der Waals surface area contributed by atoms with Gasteiger partial charge in [0.25, 0.3) is 0 Å². The Morgan fingerprint density at radius 3 is 2.44 bits per heavy atom. The number of benzene rings is 2. The van der Waals surface area contributed by atoms with Crippen molar-refractivity contribution in [1.29, 1.82) is 5.26 Å². The van der Waals surface area contributed by atoms with Gasteiger partial charge < -0.3 is 4.74 Å². The number of nitriles is 1. The average Bonchev–Trinajstić information content (AvgIpc) is 2.38. The second-order valence-corrected chi connectivity index (χ2v) is 3.90. The summed E-state index contributed by atoms with van der Waals surface area (Å²) in [4.78, 5) is 0. The van der Waals surface area contributed by atoms with Gasteiger partial charge in [0.15, 0.2) is 0 Å². The monoisotopic (exact) mass is 241 g/mol. The van der Waals surface area contributed by atoms with Gasteiger partial charge in [0.2, 0.25) is 0 Å². The molecule has 0 N–H and O–H groups in total. The molecule has 0 radical (unpaired) electrons. The lowest BCUT2D eigenvalue weighted by Crippen LogP contribution is -1.96. The third-order valence-electron chi connectivity index (χ3n) is 2.51. The second-order valence-electron chi connectivity index (χ2n) is 3.90. The van der Waals surface area contributed by atoms with Crippen LogP contribution < -0.4 is 4.74 Å². The van der Waals surface area contributed by atoms with Gasteiger partial charge >= 0.3 is 0 Å². The fraction of sp³-hybridized carbons (Fsp3) is 0.133. The number of hydrogen-bond donors (Lipinski definition) is 0. The lowest BCUT2D eigenvalue weighted by molar-refractivity contribution is 0.304. The van der Waals surface area contributed by atoms with Gasteiger partial charge in [-0.25, -0.2) is 4.39 Å². The number of rotatable bonds is 4. The average molecular weight is 241 g/mol. The molecule has 0 saturated heterocycles. The number of hydrogen-bond acceptors (Lipinski definition) is 2. The van der Waals surface area contributed by atoms with E-state index < -0.39 is 0 Å². The SMILES string of the molecule is N#CCc1ccc(COc2cccc(F)c2)cc1. The normalized spacial score (nSPS) is 9.78. The summed E-state index contributed by atoms with van der Waals surface area (Å²) < 4.78 is 18.4. The Morgan fingerprint density at radius 1 is 1.06 bits per heavy atom. The Morgan fingerprint density at radius 2 is 1.78 bits per heavy atom. The van der Waals surface area contributed by atoms with Crippen LogP contribution in [0.2, 0.25) is 0 Å². The molecule has 2 aromatic rings. The van der Waals surface area contributed by atoms with Crippen LogP contribution in [0, 0.1) is 17.1 Å². The molecule has 0 aliphatic carbocycles. The summed E-state index contributed by atoms with van der Waals surface area (Å²) in [7, 11) is 0. The maximum Gasteiger partial charge on any atom is 0.126 e. The molecule has 3 heteroatoms. The van der Waals surface area contributed by atoms with E-state index in [2.05, 4.69) is 6.07 Å². The fourth-order valence-corrected chi connectivity index (χ4v) is 1.57. The summed E-state index contributed by atoms with van der Waals surface area (Å²) in [5.74, 6) is 0.202.